The molecule has 0 bridgehead atoms. The molecule has 0 atom stereocenters. The molecule has 2 heterocycles. The van der Waals surface area contributed by atoms with Crippen LogP contribution in [0, 0.1) is 6.92 Å². The van der Waals surface area contributed by atoms with Crippen LogP contribution in [0.4, 0.5) is 0 Å². The monoisotopic (exact) mass is 273 g/mol. The highest BCUT2D eigenvalue weighted by atomic mass is 35.5. The van der Waals surface area contributed by atoms with E-state index in [0.29, 0.717) is 28.2 Å². The standard InChI is InChI=1S/C10H9Cl2N3S/c1-3-6-8(11)14-10(15-9(6)12)7-4-16-5(2)13-7/h4H,3H2,1-2H3. The van der Waals surface area contributed by atoms with Gasteiger partial charge >= 0.3 is 0 Å². The molecule has 0 saturated heterocycles. The minimum absolute atomic E-state index is 0.406. The zero-order valence-corrected chi connectivity index (χ0v) is 11.1. The maximum absolute atomic E-state index is 6.03. The number of nitrogens with zero attached hydrogens (tertiary/aromatic N) is 3. The van der Waals surface area contributed by atoms with Crippen LogP contribution >= 0.6 is 34.5 Å². The largest absolute Gasteiger partial charge is 0.238 e. The van der Waals surface area contributed by atoms with Gasteiger partial charge in [0.05, 0.1) is 5.01 Å². The molecule has 16 heavy (non-hydrogen) atoms. The molecule has 0 unspecified atom stereocenters. The van der Waals surface area contributed by atoms with Crippen LogP contribution in [-0.2, 0) is 6.42 Å². The lowest BCUT2D eigenvalue weighted by molar-refractivity contribution is 1.04. The average molecular weight is 274 g/mol. The molecular formula is C10H9Cl2N3S. The van der Waals surface area contributed by atoms with Crippen LogP contribution in [0.1, 0.15) is 17.5 Å². The second-order valence-corrected chi connectivity index (χ2v) is 4.99. The van der Waals surface area contributed by atoms with E-state index in [9.17, 15) is 0 Å². The van der Waals surface area contributed by atoms with Gasteiger partial charge in [0.15, 0.2) is 5.82 Å². The number of aryl methyl sites for hydroxylation is 1. The number of aromatic nitrogens is 3. The van der Waals surface area contributed by atoms with E-state index in [-0.39, 0.29) is 0 Å². The third-order valence-corrected chi connectivity index (χ3v) is 3.51. The quantitative estimate of drug-likeness (QED) is 0.782. The van der Waals surface area contributed by atoms with Crippen molar-refractivity contribution in [3.63, 3.8) is 0 Å². The van der Waals surface area contributed by atoms with Gasteiger partial charge in [-0.3, -0.25) is 0 Å². The lowest BCUT2D eigenvalue weighted by Crippen LogP contribution is -1.96. The Bertz CT molecular complexity index is 502. The van der Waals surface area contributed by atoms with Gasteiger partial charge in [0, 0.05) is 10.9 Å². The van der Waals surface area contributed by atoms with E-state index in [1.54, 1.807) is 11.3 Å². The van der Waals surface area contributed by atoms with E-state index in [1.807, 2.05) is 19.2 Å². The third-order valence-electron chi connectivity index (χ3n) is 2.11. The van der Waals surface area contributed by atoms with E-state index < -0.39 is 0 Å². The summed E-state index contributed by atoms with van der Waals surface area (Å²) >= 11 is 13.6. The van der Waals surface area contributed by atoms with E-state index in [2.05, 4.69) is 15.0 Å². The summed E-state index contributed by atoms with van der Waals surface area (Å²) in [5.41, 5.74) is 1.49. The van der Waals surface area contributed by atoms with Crippen LogP contribution < -0.4 is 0 Å². The minimum Gasteiger partial charge on any atom is -0.238 e. The van der Waals surface area contributed by atoms with Gasteiger partial charge in [-0.2, -0.15) is 0 Å². The molecule has 6 heteroatoms. The van der Waals surface area contributed by atoms with Gasteiger partial charge in [0.25, 0.3) is 0 Å². The van der Waals surface area contributed by atoms with Gasteiger partial charge in [0.2, 0.25) is 0 Å². The lowest BCUT2D eigenvalue weighted by atomic mass is 10.2. The molecule has 0 fully saturated rings. The summed E-state index contributed by atoms with van der Waals surface area (Å²) < 4.78 is 0. The van der Waals surface area contributed by atoms with Gasteiger partial charge in [-0.1, -0.05) is 30.1 Å². The Morgan fingerprint density at radius 1 is 1.19 bits per heavy atom. The SMILES string of the molecule is CCc1c(Cl)nc(-c2csc(C)n2)nc1Cl. The van der Waals surface area contributed by atoms with Gasteiger partial charge < -0.3 is 0 Å². The van der Waals surface area contributed by atoms with Crippen LogP contribution in [-0.4, -0.2) is 15.0 Å². The van der Waals surface area contributed by atoms with Crippen LogP contribution in [0.5, 0.6) is 0 Å². The summed E-state index contributed by atoms with van der Waals surface area (Å²) in [6, 6.07) is 0. The van der Waals surface area contributed by atoms with Crippen LogP contribution in [0.2, 0.25) is 10.3 Å². The Labute approximate surface area is 107 Å². The molecule has 2 rings (SSSR count). The van der Waals surface area contributed by atoms with Crippen LogP contribution in [0.3, 0.4) is 0 Å². The molecule has 2 aromatic heterocycles. The molecule has 0 spiro atoms. The Kier molecular flexibility index (Phi) is 3.42. The van der Waals surface area contributed by atoms with Gasteiger partial charge in [0.1, 0.15) is 16.0 Å². The number of halogens is 2. The summed E-state index contributed by atoms with van der Waals surface area (Å²) in [5, 5.41) is 3.67. The maximum Gasteiger partial charge on any atom is 0.181 e. The van der Waals surface area contributed by atoms with Gasteiger partial charge in [-0.15, -0.1) is 11.3 Å². The van der Waals surface area contributed by atoms with Crippen molar-refractivity contribution in [3.8, 4) is 11.5 Å². The van der Waals surface area contributed by atoms with Crippen molar-refractivity contribution in [2.45, 2.75) is 20.3 Å². The van der Waals surface area contributed by atoms with Crippen molar-refractivity contribution in [2.24, 2.45) is 0 Å². The van der Waals surface area contributed by atoms with Gasteiger partial charge in [-0.05, 0) is 13.3 Å². The molecule has 0 saturated carbocycles. The Morgan fingerprint density at radius 2 is 1.81 bits per heavy atom. The number of rotatable bonds is 2. The number of hydrogen-bond donors (Lipinski definition) is 0. The van der Waals surface area contributed by atoms with Gasteiger partial charge in [-0.25, -0.2) is 15.0 Å². The van der Waals surface area contributed by atoms with Crippen molar-refractivity contribution in [3.05, 3.63) is 26.3 Å². The Morgan fingerprint density at radius 3 is 2.25 bits per heavy atom. The highest BCUT2D eigenvalue weighted by Gasteiger charge is 2.12. The topological polar surface area (TPSA) is 38.7 Å². The van der Waals surface area contributed by atoms with E-state index in [0.717, 1.165) is 10.6 Å². The average Bonchev–Trinajstić information content (AvgIpc) is 2.64. The zero-order chi connectivity index (χ0) is 11.7. The fourth-order valence-electron chi connectivity index (χ4n) is 1.30. The Balaban J connectivity index is 2.52. The van der Waals surface area contributed by atoms with Crippen molar-refractivity contribution in [1.82, 2.24) is 15.0 Å². The molecule has 0 amide bonds. The molecule has 0 aliphatic rings. The fraction of sp³-hybridized carbons (Fsp3) is 0.300. The first kappa shape index (κ1) is 11.8. The molecule has 84 valence electrons. The first-order chi connectivity index (χ1) is 7.61. The molecule has 3 nitrogen and oxygen atoms in total. The zero-order valence-electron chi connectivity index (χ0n) is 8.79. The maximum atomic E-state index is 6.03. The number of hydrogen-bond acceptors (Lipinski definition) is 4. The lowest BCUT2D eigenvalue weighted by Gasteiger charge is -2.04. The van der Waals surface area contributed by atoms with E-state index in [1.165, 1.54) is 0 Å². The van der Waals surface area contributed by atoms with E-state index in [4.69, 9.17) is 23.2 Å². The molecule has 0 N–H and O–H groups in total. The predicted octanol–water partition coefficient (Wildman–Crippen LogP) is 3.78. The van der Waals surface area contributed by atoms with Crippen LogP contribution in [0.15, 0.2) is 5.38 Å². The van der Waals surface area contributed by atoms with Crippen molar-refractivity contribution in [1.29, 1.82) is 0 Å². The van der Waals surface area contributed by atoms with Crippen LogP contribution in [0.25, 0.3) is 11.5 Å². The molecule has 0 aromatic carbocycles. The molecule has 0 radical (unpaired) electrons. The molecule has 2 aromatic rings. The fourth-order valence-corrected chi connectivity index (χ4v) is 2.55. The van der Waals surface area contributed by atoms with E-state index >= 15 is 0 Å². The van der Waals surface area contributed by atoms with Crippen molar-refractivity contribution < 1.29 is 0 Å². The molecule has 0 aliphatic heterocycles. The highest BCUT2D eigenvalue weighted by molar-refractivity contribution is 7.09. The molecular weight excluding hydrogens is 265 g/mol. The summed E-state index contributed by atoms with van der Waals surface area (Å²) in [6.45, 7) is 3.89. The Hall–Kier alpha value is -0.710. The first-order valence-corrected chi connectivity index (χ1v) is 6.39. The second kappa shape index (κ2) is 4.65. The summed E-state index contributed by atoms with van der Waals surface area (Å²) in [5.74, 6) is 0.483. The smallest absolute Gasteiger partial charge is 0.181 e. The summed E-state index contributed by atoms with van der Waals surface area (Å²) in [6.07, 6.45) is 0.716. The van der Waals surface area contributed by atoms with Crippen molar-refractivity contribution >= 4 is 34.5 Å². The third kappa shape index (κ3) is 2.19. The molecule has 0 aliphatic carbocycles. The summed E-state index contributed by atoms with van der Waals surface area (Å²) in [7, 11) is 0. The van der Waals surface area contributed by atoms with Crippen molar-refractivity contribution in [2.75, 3.05) is 0 Å². The first-order valence-electron chi connectivity index (χ1n) is 4.76. The number of thiazole rings is 1. The predicted molar refractivity (Wildman–Crippen MR) is 67.3 cm³/mol. The minimum atomic E-state index is 0.406. The normalized spacial score (nSPS) is 10.8. The highest BCUT2D eigenvalue weighted by Crippen LogP contribution is 2.26. The second-order valence-electron chi connectivity index (χ2n) is 3.21. The summed E-state index contributed by atoms with van der Waals surface area (Å²) in [4.78, 5) is 12.7.